The van der Waals surface area contributed by atoms with Gasteiger partial charge in [0, 0.05) is 18.4 Å². The number of anilines is 2. The maximum absolute atomic E-state index is 12.8. The van der Waals surface area contributed by atoms with Crippen LogP contribution in [0.1, 0.15) is 31.2 Å². The predicted molar refractivity (Wildman–Crippen MR) is 102 cm³/mol. The molecular weight excluding hydrogens is 399 g/mol. The minimum absolute atomic E-state index is 0.144. The molecule has 1 aliphatic heterocycles. The van der Waals surface area contributed by atoms with Crippen molar-refractivity contribution in [2.45, 2.75) is 31.4 Å². The first-order chi connectivity index (χ1) is 14.3. The van der Waals surface area contributed by atoms with E-state index in [4.69, 9.17) is 4.42 Å². The smallest absolute Gasteiger partial charge is 0.416 e. The highest BCUT2D eigenvalue weighted by molar-refractivity contribution is 5.89. The third kappa shape index (κ3) is 3.49. The number of aromatic nitrogens is 3. The fraction of sp³-hybridized carbons (Fsp3) is 0.300. The zero-order valence-electron chi connectivity index (χ0n) is 16.0. The molecule has 156 valence electrons. The molecular formula is C20H18F3N5O2. The van der Waals surface area contributed by atoms with Crippen LogP contribution in [-0.2, 0) is 16.4 Å². The Morgan fingerprint density at radius 3 is 2.60 bits per heavy atom. The van der Waals surface area contributed by atoms with Crippen molar-refractivity contribution in [2.75, 3.05) is 11.9 Å². The van der Waals surface area contributed by atoms with Crippen LogP contribution in [0.2, 0.25) is 0 Å². The predicted octanol–water partition coefficient (Wildman–Crippen LogP) is 4.06. The standard InChI is InChI=1S/C20H18F3N5O2/c1-2-19(9-11-25-17(19)29)18-28-27-16(30-18)14-4-3-10-24-15(14)26-13-7-5-12(6-8-13)20(21,22)23/h3-8,10H,2,9,11H2,1H3,(H,24,26)(H,25,29)/t19-/m1/s1. The Labute approximate surface area is 169 Å². The van der Waals surface area contributed by atoms with Crippen molar-refractivity contribution in [1.82, 2.24) is 20.5 Å². The van der Waals surface area contributed by atoms with Crippen LogP contribution >= 0.6 is 0 Å². The maximum Gasteiger partial charge on any atom is 0.416 e. The summed E-state index contributed by atoms with van der Waals surface area (Å²) >= 11 is 0. The summed E-state index contributed by atoms with van der Waals surface area (Å²) < 4.78 is 44.1. The highest BCUT2D eigenvalue weighted by Crippen LogP contribution is 2.37. The Hall–Kier alpha value is -3.43. The molecule has 1 fully saturated rings. The molecule has 10 heteroatoms. The third-order valence-electron chi connectivity index (χ3n) is 5.22. The molecule has 1 aliphatic rings. The van der Waals surface area contributed by atoms with Gasteiger partial charge < -0.3 is 15.1 Å². The van der Waals surface area contributed by atoms with Crippen molar-refractivity contribution < 1.29 is 22.4 Å². The van der Waals surface area contributed by atoms with Crippen LogP contribution < -0.4 is 10.6 Å². The molecule has 3 heterocycles. The van der Waals surface area contributed by atoms with E-state index in [1.165, 1.54) is 18.3 Å². The number of hydrogen-bond acceptors (Lipinski definition) is 6. The number of nitrogens with one attached hydrogen (secondary N) is 2. The normalized spacial score (nSPS) is 19.0. The second-order valence-corrected chi connectivity index (χ2v) is 6.95. The monoisotopic (exact) mass is 417 g/mol. The molecule has 0 saturated carbocycles. The largest absolute Gasteiger partial charge is 0.419 e. The number of halogens is 3. The van der Waals surface area contributed by atoms with Crippen LogP contribution in [0.15, 0.2) is 47.0 Å². The van der Waals surface area contributed by atoms with E-state index >= 15 is 0 Å². The van der Waals surface area contributed by atoms with Gasteiger partial charge >= 0.3 is 6.18 Å². The van der Waals surface area contributed by atoms with E-state index in [1.807, 2.05) is 6.92 Å². The lowest BCUT2D eigenvalue weighted by Gasteiger charge is -2.18. The van der Waals surface area contributed by atoms with Gasteiger partial charge in [-0.1, -0.05) is 6.92 Å². The zero-order chi connectivity index (χ0) is 21.4. The highest BCUT2D eigenvalue weighted by atomic mass is 19.4. The fourth-order valence-electron chi connectivity index (χ4n) is 3.45. The summed E-state index contributed by atoms with van der Waals surface area (Å²) in [7, 11) is 0. The molecule has 1 saturated heterocycles. The molecule has 0 aliphatic carbocycles. The molecule has 2 aromatic heterocycles. The molecule has 0 spiro atoms. The average molecular weight is 417 g/mol. The summed E-state index contributed by atoms with van der Waals surface area (Å²) in [5.41, 5.74) is -0.701. The van der Waals surface area contributed by atoms with Crippen molar-refractivity contribution >= 4 is 17.4 Å². The number of alkyl halides is 3. The van der Waals surface area contributed by atoms with Crippen molar-refractivity contribution in [1.29, 1.82) is 0 Å². The average Bonchev–Trinajstić information content (AvgIpc) is 3.35. The van der Waals surface area contributed by atoms with Gasteiger partial charge in [-0.2, -0.15) is 13.2 Å². The van der Waals surface area contributed by atoms with E-state index in [1.54, 1.807) is 12.1 Å². The van der Waals surface area contributed by atoms with Crippen molar-refractivity contribution in [3.05, 3.63) is 54.0 Å². The second kappa shape index (κ2) is 7.43. The Morgan fingerprint density at radius 1 is 1.20 bits per heavy atom. The van der Waals surface area contributed by atoms with Crippen LogP contribution in [-0.4, -0.2) is 27.6 Å². The molecule has 1 atom stereocenters. The highest BCUT2D eigenvalue weighted by Gasteiger charge is 2.47. The molecule has 2 N–H and O–H groups in total. The van der Waals surface area contributed by atoms with Gasteiger partial charge in [-0.3, -0.25) is 4.79 Å². The molecule has 7 nitrogen and oxygen atoms in total. The fourth-order valence-corrected chi connectivity index (χ4v) is 3.45. The van der Waals surface area contributed by atoms with E-state index in [0.717, 1.165) is 12.1 Å². The molecule has 30 heavy (non-hydrogen) atoms. The Kier molecular flexibility index (Phi) is 4.92. The minimum atomic E-state index is -4.41. The van der Waals surface area contributed by atoms with Crippen molar-refractivity contribution in [2.24, 2.45) is 0 Å². The van der Waals surface area contributed by atoms with E-state index in [0.29, 0.717) is 36.5 Å². The van der Waals surface area contributed by atoms with Gasteiger partial charge in [0.05, 0.1) is 11.1 Å². The van der Waals surface area contributed by atoms with Gasteiger partial charge in [0.2, 0.25) is 11.8 Å². The number of nitrogens with zero attached hydrogens (tertiary/aromatic N) is 3. The first-order valence-corrected chi connectivity index (χ1v) is 9.35. The SMILES string of the molecule is CC[C@@]1(c2nnc(-c3cccnc3Nc3ccc(C(F)(F)F)cc3)o2)CCNC1=O. The van der Waals surface area contributed by atoms with Crippen LogP contribution in [0.3, 0.4) is 0 Å². The van der Waals surface area contributed by atoms with Crippen LogP contribution in [0.25, 0.3) is 11.5 Å². The summed E-state index contributed by atoms with van der Waals surface area (Å²) in [4.78, 5) is 16.6. The summed E-state index contributed by atoms with van der Waals surface area (Å²) in [5, 5.41) is 14.0. The van der Waals surface area contributed by atoms with Gasteiger partial charge in [-0.05, 0) is 49.2 Å². The van der Waals surface area contributed by atoms with Crippen LogP contribution in [0.5, 0.6) is 0 Å². The van der Waals surface area contributed by atoms with E-state index in [-0.39, 0.29) is 17.7 Å². The zero-order valence-corrected chi connectivity index (χ0v) is 16.0. The maximum atomic E-state index is 12.8. The minimum Gasteiger partial charge on any atom is -0.419 e. The van der Waals surface area contributed by atoms with Gasteiger partial charge in [0.15, 0.2) is 0 Å². The molecule has 1 amide bonds. The number of carbonyl (C=O) groups is 1. The van der Waals surface area contributed by atoms with Gasteiger partial charge in [-0.15, -0.1) is 10.2 Å². The number of hydrogen-bond donors (Lipinski definition) is 2. The number of pyridine rings is 1. The van der Waals surface area contributed by atoms with Gasteiger partial charge in [0.1, 0.15) is 11.2 Å². The number of rotatable bonds is 5. The summed E-state index contributed by atoms with van der Waals surface area (Å²) in [6.45, 7) is 2.43. The lowest BCUT2D eigenvalue weighted by molar-refractivity contribution is -0.137. The topological polar surface area (TPSA) is 92.9 Å². The van der Waals surface area contributed by atoms with E-state index in [9.17, 15) is 18.0 Å². The summed E-state index contributed by atoms with van der Waals surface area (Å²) in [5.74, 6) is 0.600. The molecule has 3 aromatic rings. The first kappa shape index (κ1) is 19.9. The van der Waals surface area contributed by atoms with Crippen molar-refractivity contribution in [3.8, 4) is 11.5 Å². The summed E-state index contributed by atoms with van der Waals surface area (Å²) in [6.07, 6.45) is -1.79. The second-order valence-electron chi connectivity index (χ2n) is 6.95. The molecule has 0 bridgehead atoms. The van der Waals surface area contributed by atoms with Gasteiger partial charge in [0.25, 0.3) is 5.89 Å². The van der Waals surface area contributed by atoms with Crippen molar-refractivity contribution in [3.63, 3.8) is 0 Å². The number of benzene rings is 1. The lowest BCUT2D eigenvalue weighted by Crippen LogP contribution is -2.35. The Bertz CT molecular complexity index is 1060. The number of amides is 1. The summed E-state index contributed by atoms with van der Waals surface area (Å²) in [6, 6.07) is 7.98. The molecule has 0 unspecified atom stereocenters. The van der Waals surface area contributed by atoms with Crippen LogP contribution in [0.4, 0.5) is 24.7 Å². The van der Waals surface area contributed by atoms with E-state index in [2.05, 4.69) is 25.8 Å². The molecule has 1 aromatic carbocycles. The number of carbonyl (C=O) groups excluding carboxylic acids is 1. The molecule has 0 radical (unpaired) electrons. The molecule has 4 rings (SSSR count). The first-order valence-electron chi connectivity index (χ1n) is 9.35. The Morgan fingerprint density at radius 2 is 1.97 bits per heavy atom. The van der Waals surface area contributed by atoms with E-state index < -0.39 is 17.2 Å². The quantitative estimate of drug-likeness (QED) is 0.650. The lowest BCUT2D eigenvalue weighted by atomic mass is 9.83. The Balaban J connectivity index is 1.63. The van der Waals surface area contributed by atoms with Gasteiger partial charge in [-0.25, -0.2) is 4.98 Å². The third-order valence-corrected chi connectivity index (χ3v) is 5.22. The van der Waals surface area contributed by atoms with Crippen LogP contribution in [0, 0.1) is 0 Å².